The molecule has 0 fully saturated rings. The predicted molar refractivity (Wildman–Crippen MR) is 60.6 cm³/mol. The van der Waals surface area contributed by atoms with Crippen molar-refractivity contribution in [1.29, 1.82) is 0 Å². The standard InChI is InChI=1S/C12H16O5/c1-14-8-16-11-5-3-4-10(6-11)7-12(13)17-9-15-2/h3-6H,7-9H2,1-2H3. The molecule has 0 saturated carbocycles. The maximum atomic E-state index is 11.3. The maximum absolute atomic E-state index is 11.3. The minimum Gasteiger partial charge on any atom is -0.468 e. The molecular formula is C12H16O5. The van der Waals surface area contributed by atoms with Crippen LogP contribution in [0.4, 0.5) is 0 Å². The van der Waals surface area contributed by atoms with Gasteiger partial charge in [0.2, 0.25) is 0 Å². The van der Waals surface area contributed by atoms with E-state index in [0.717, 1.165) is 5.56 Å². The van der Waals surface area contributed by atoms with E-state index in [1.165, 1.54) is 7.11 Å². The highest BCUT2D eigenvalue weighted by Crippen LogP contribution is 2.14. The van der Waals surface area contributed by atoms with Gasteiger partial charge >= 0.3 is 5.97 Å². The largest absolute Gasteiger partial charge is 0.468 e. The van der Waals surface area contributed by atoms with Crippen molar-refractivity contribution in [2.24, 2.45) is 0 Å². The fourth-order valence-electron chi connectivity index (χ4n) is 1.21. The van der Waals surface area contributed by atoms with Gasteiger partial charge in [-0.15, -0.1) is 0 Å². The van der Waals surface area contributed by atoms with Crippen molar-refractivity contribution in [3.8, 4) is 5.75 Å². The molecule has 0 aliphatic carbocycles. The molecule has 0 N–H and O–H groups in total. The number of rotatable bonds is 7. The predicted octanol–water partition coefficient (Wildman–Crippen LogP) is 1.36. The van der Waals surface area contributed by atoms with Crippen LogP contribution in [-0.4, -0.2) is 33.8 Å². The Balaban J connectivity index is 2.50. The van der Waals surface area contributed by atoms with E-state index in [-0.39, 0.29) is 26.0 Å². The van der Waals surface area contributed by atoms with Gasteiger partial charge < -0.3 is 18.9 Å². The summed E-state index contributed by atoms with van der Waals surface area (Å²) in [5.74, 6) is 0.319. The molecule has 0 atom stereocenters. The van der Waals surface area contributed by atoms with Crippen molar-refractivity contribution < 1.29 is 23.7 Å². The van der Waals surface area contributed by atoms with Crippen LogP contribution in [-0.2, 0) is 25.4 Å². The van der Waals surface area contributed by atoms with Crippen LogP contribution < -0.4 is 4.74 Å². The Labute approximate surface area is 100 Å². The van der Waals surface area contributed by atoms with Gasteiger partial charge in [-0.1, -0.05) is 12.1 Å². The first kappa shape index (κ1) is 13.5. The molecule has 0 bridgehead atoms. The lowest BCUT2D eigenvalue weighted by Crippen LogP contribution is -2.10. The summed E-state index contributed by atoms with van der Waals surface area (Å²) in [6.45, 7) is 0.149. The first-order valence-electron chi connectivity index (χ1n) is 5.11. The first-order valence-corrected chi connectivity index (χ1v) is 5.11. The lowest BCUT2D eigenvalue weighted by molar-refractivity contribution is -0.153. The van der Waals surface area contributed by atoms with Gasteiger partial charge in [0.15, 0.2) is 13.6 Å². The van der Waals surface area contributed by atoms with Crippen molar-refractivity contribution in [2.45, 2.75) is 6.42 Å². The zero-order valence-corrected chi connectivity index (χ0v) is 9.97. The van der Waals surface area contributed by atoms with E-state index < -0.39 is 0 Å². The number of ether oxygens (including phenoxy) is 4. The molecule has 0 spiro atoms. The van der Waals surface area contributed by atoms with Crippen molar-refractivity contribution in [3.05, 3.63) is 29.8 Å². The van der Waals surface area contributed by atoms with E-state index in [2.05, 4.69) is 4.74 Å². The summed E-state index contributed by atoms with van der Waals surface area (Å²) < 4.78 is 19.5. The van der Waals surface area contributed by atoms with Crippen molar-refractivity contribution >= 4 is 5.97 Å². The van der Waals surface area contributed by atoms with E-state index in [1.54, 1.807) is 19.2 Å². The van der Waals surface area contributed by atoms with Crippen LogP contribution in [0.1, 0.15) is 5.56 Å². The Kier molecular flexibility index (Phi) is 6.06. The molecule has 0 aromatic heterocycles. The number of hydrogen-bond donors (Lipinski definition) is 0. The monoisotopic (exact) mass is 240 g/mol. The summed E-state index contributed by atoms with van der Waals surface area (Å²) in [7, 11) is 3.01. The summed E-state index contributed by atoms with van der Waals surface area (Å²) in [5.41, 5.74) is 0.819. The Bertz CT molecular complexity index is 351. The molecule has 5 nitrogen and oxygen atoms in total. The average Bonchev–Trinajstić information content (AvgIpc) is 2.34. The SMILES string of the molecule is COCOC(=O)Cc1cccc(OCOC)c1. The second-order valence-corrected chi connectivity index (χ2v) is 3.30. The normalized spacial score (nSPS) is 10.0. The molecule has 0 aliphatic rings. The molecule has 1 aromatic carbocycles. The molecule has 0 amide bonds. The Morgan fingerprint density at radius 1 is 1.18 bits per heavy atom. The number of hydrogen-bond acceptors (Lipinski definition) is 5. The van der Waals surface area contributed by atoms with E-state index in [9.17, 15) is 4.79 Å². The van der Waals surface area contributed by atoms with E-state index in [1.807, 2.05) is 12.1 Å². The van der Waals surface area contributed by atoms with Gasteiger partial charge in [-0.2, -0.15) is 0 Å². The maximum Gasteiger partial charge on any atom is 0.312 e. The van der Waals surface area contributed by atoms with Gasteiger partial charge in [0.1, 0.15) is 5.75 Å². The van der Waals surface area contributed by atoms with Crippen LogP contribution in [0.3, 0.4) is 0 Å². The Morgan fingerprint density at radius 2 is 1.94 bits per heavy atom. The van der Waals surface area contributed by atoms with Crippen LogP contribution in [0.5, 0.6) is 5.75 Å². The van der Waals surface area contributed by atoms with Crippen LogP contribution in [0, 0.1) is 0 Å². The summed E-state index contributed by atoms with van der Waals surface area (Å²) in [6.07, 6.45) is 0.188. The van der Waals surface area contributed by atoms with Crippen molar-refractivity contribution in [1.82, 2.24) is 0 Å². The number of carbonyl (C=O) groups excluding carboxylic acids is 1. The average molecular weight is 240 g/mol. The van der Waals surface area contributed by atoms with Gasteiger partial charge in [0.05, 0.1) is 6.42 Å². The Hall–Kier alpha value is -1.59. The lowest BCUT2D eigenvalue weighted by atomic mass is 10.1. The third-order valence-corrected chi connectivity index (χ3v) is 1.93. The van der Waals surface area contributed by atoms with E-state index >= 15 is 0 Å². The number of esters is 1. The first-order chi connectivity index (χ1) is 8.26. The highest BCUT2D eigenvalue weighted by Gasteiger charge is 2.05. The molecule has 0 aliphatic heterocycles. The van der Waals surface area contributed by atoms with Gasteiger partial charge in [-0.3, -0.25) is 4.79 Å². The van der Waals surface area contributed by atoms with Crippen LogP contribution in [0.15, 0.2) is 24.3 Å². The fraction of sp³-hybridized carbons (Fsp3) is 0.417. The van der Waals surface area contributed by atoms with Crippen LogP contribution in [0.25, 0.3) is 0 Å². The third kappa shape index (κ3) is 5.33. The second kappa shape index (κ2) is 7.65. The molecule has 0 heterocycles. The number of benzene rings is 1. The molecule has 17 heavy (non-hydrogen) atoms. The highest BCUT2D eigenvalue weighted by molar-refractivity contribution is 5.72. The zero-order chi connectivity index (χ0) is 12.5. The molecule has 0 unspecified atom stereocenters. The second-order valence-electron chi connectivity index (χ2n) is 3.30. The zero-order valence-electron chi connectivity index (χ0n) is 9.97. The third-order valence-electron chi connectivity index (χ3n) is 1.93. The molecule has 1 rings (SSSR count). The summed E-state index contributed by atoms with van der Waals surface area (Å²) in [4.78, 5) is 11.3. The topological polar surface area (TPSA) is 54.0 Å². The molecule has 5 heteroatoms. The summed E-state index contributed by atoms with van der Waals surface area (Å²) in [5, 5.41) is 0. The fourth-order valence-corrected chi connectivity index (χ4v) is 1.21. The minimum atomic E-state index is -0.337. The number of methoxy groups -OCH3 is 2. The molecule has 0 radical (unpaired) electrons. The Morgan fingerprint density at radius 3 is 2.65 bits per heavy atom. The van der Waals surface area contributed by atoms with Crippen molar-refractivity contribution in [2.75, 3.05) is 27.8 Å². The van der Waals surface area contributed by atoms with Gasteiger partial charge in [0.25, 0.3) is 0 Å². The lowest BCUT2D eigenvalue weighted by Gasteiger charge is -2.07. The van der Waals surface area contributed by atoms with Crippen LogP contribution >= 0.6 is 0 Å². The van der Waals surface area contributed by atoms with Crippen LogP contribution in [0.2, 0.25) is 0 Å². The van der Waals surface area contributed by atoms with E-state index in [4.69, 9.17) is 14.2 Å². The van der Waals surface area contributed by atoms with E-state index in [0.29, 0.717) is 5.75 Å². The van der Waals surface area contributed by atoms with Gasteiger partial charge in [0, 0.05) is 14.2 Å². The minimum absolute atomic E-state index is 0.0291. The summed E-state index contributed by atoms with van der Waals surface area (Å²) in [6, 6.07) is 7.20. The van der Waals surface area contributed by atoms with Crippen molar-refractivity contribution in [3.63, 3.8) is 0 Å². The van der Waals surface area contributed by atoms with Gasteiger partial charge in [-0.25, -0.2) is 0 Å². The molecular weight excluding hydrogens is 224 g/mol. The van der Waals surface area contributed by atoms with Gasteiger partial charge in [-0.05, 0) is 17.7 Å². The molecule has 0 saturated heterocycles. The molecule has 1 aromatic rings. The quantitative estimate of drug-likeness (QED) is 0.532. The highest BCUT2D eigenvalue weighted by atomic mass is 16.7. The molecule has 94 valence electrons. The summed E-state index contributed by atoms with van der Waals surface area (Å²) >= 11 is 0. The number of carbonyl (C=O) groups is 1. The smallest absolute Gasteiger partial charge is 0.312 e.